The van der Waals surface area contributed by atoms with E-state index in [1.54, 1.807) is 4.68 Å². The van der Waals surface area contributed by atoms with Crippen LogP contribution < -0.4 is 5.32 Å². The predicted molar refractivity (Wildman–Crippen MR) is 73.3 cm³/mol. The first-order valence-corrected chi connectivity index (χ1v) is 7.27. The molecule has 1 atom stereocenters. The van der Waals surface area contributed by atoms with Gasteiger partial charge in [-0.3, -0.25) is 4.68 Å². The van der Waals surface area contributed by atoms with E-state index in [0.717, 1.165) is 30.5 Å². The number of nitrogens with one attached hydrogen (secondary N) is 1. The van der Waals surface area contributed by atoms with Gasteiger partial charge in [-0.15, -0.1) is 5.10 Å². The van der Waals surface area contributed by atoms with Gasteiger partial charge in [-0.1, -0.05) is 31.9 Å². The van der Waals surface area contributed by atoms with Gasteiger partial charge in [0.15, 0.2) is 0 Å². The Morgan fingerprint density at radius 2 is 2.11 bits per heavy atom. The maximum atomic E-state index is 4.22. The van der Waals surface area contributed by atoms with Crippen LogP contribution >= 0.6 is 0 Å². The highest BCUT2D eigenvalue weighted by molar-refractivity contribution is 4.98. The molecule has 4 heteroatoms. The van der Waals surface area contributed by atoms with Gasteiger partial charge in [0.25, 0.3) is 0 Å². The molecule has 1 N–H and O–H groups in total. The monoisotopic (exact) mass is 250 g/mol. The molecule has 1 aromatic rings. The summed E-state index contributed by atoms with van der Waals surface area (Å²) in [6.45, 7) is 5.60. The van der Waals surface area contributed by atoms with Gasteiger partial charge in [-0.05, 0) is 31.2 Å². The molecule has 1 fully saturated rings. The summed E-state index contributed by atoms with van der Waals surface area (Å²) in [6.07, 6.45) is 8.54. The maximum Gasteiger partial charge on any atom is 0.0842 e. The first kappa shape index (κ1) is 13.5. The van der Waals surface area contributed by atoms with E-state index in [9.17, 15) is 0 Å². The standard InChI is InChI=1S/C14H26N4/c1-4-15-14(9-13-10-18(3)17-16-13)12-7-5-11(2)6-8-12/h10-12,14-15H,4-9H2,1-3H3. The summed E-state index contributed by atoms with van der Waals surface area (Å²) in [6, 6.07) is 0.569. The van der Waals surface area contributed by atoms with Gasteiger partial charge in [0.05, 0.1) is 5.69 Å². The minimum Gasteiger partial charge on any atom is -0.314 e. The molecule has 1 unspecified atom stereocenters. The van der Waals surface area contributed by atoms with Crippen LogP contribution in [0.15, 0.2) is 6.20 Å². The van der Waals surface area contributed by atoms with E-state index < -0.39 is 0 Å². The number of aryl methyl sites for hydroxylation is 1. The summed E-state index contributed by atoms with van der Waals surface area (Å²) in [5.41, 5.74) is 1.11. The number of hydrogen-bond acceptors (Lipinski definition) is 3. The molecule has 0 radical (unpaired) electrons. The van der Waals surface area contributed by atoms with E-state index in [0.29, 0.717) is 6.04 Å². The number of nitrogens with zero attached hydrogens (tertiary/aromatic N) is 3. The van der Waals surface area contributed by atoms with Crippen LogP contribution in [0, 0.1) is 11.8 Å². The van der Waals surface area contributed by atoms with Crippen LogP contribution in [-0.4, -0.2) is 27.6 Å². The van der Waals surface area contributed by atoms with Gasteiger partial charge in [0.2, 0.25) is 0 Å². The fourth-order valence-corrected chi connectivity index (χ4v) is 3.07. The lowest BCUT2D eigenvalue weighted by Crippen LogP contribution is -2.39. The Morgan fingerprint density at radius 3 is 2.67 bits per heavy atom. The molecule has 2 rings (SSSR count). The minimum absolute atomic E-state index is 0.569. The average molecular weight is 250 g/mol. The zero-order valence-electron chi connectivity index (χ0n) is 11.9. The molecule has 1 aromatic heterocycles. The van der Waals surface area contributed by atoms with Crippen molar-refractivity contribution in [1.29, 1.82) is 0 Å². The van der Waals surface area contributed by atoms with Crippen molar-refractivity contribution in [3.63, 3.8) is 0 Å². The zero-order chi connectivity index (χ0) is 13.0. The molecule has 18 heavy (non-hydrogen) atoms. The molecule has 0 aliphatic heterocycles. The third-order valence-corrected chi connectivity index (χ3v) is 4.18. The molecule has 0 saturated heterocycles. The Hall–Kier alpha value is -0.900. The van der Waals surface area contributed by atoms with E-state index in [1.807, 2.05) is 13.2 Å². The van der Waals surface area contributed by atoms with Crippen molar-refractivity contribution < 1.29 is 0 Å². The van der Waals surface area contributed by atoms with Crippen LogP contribution in [0.2, 0.25) is 0 Å². The van der Waals surface area contributed by atoms with Crippen LogP contribution in [-0.2, 0) is 13.5 Å². The van der Waals surface area contributed by atoms with E-state index in [1.165, 1.54) is 25.7 Å². The Kier molecular flexibility index (Phi) is 4.75. The van der Waals surface area contributed by atoms with Crippen molar-refractivity contribution in [2.75, 3.05) is 6.54 Å². The highest BCUT2D eigenvalue weighted by Crippen LogP contribution is 2.31. The number of likely N-dealkylation sites (N-methyl/N-ethyl adjacent to an activating group) is 1. The van der Waals surface area contributed by atoms with Gasteiger partial charge >= 0.3 is 0 Å². The van der Waals surface area contributed by atoms with Crippen LogP contribution in [0.3, 0.4) is 0 Å². The van der Waals surface area contributed by atoms with Crippen molar-refractivity contribution in [1.82, 2.24) is 20.3 Å². The van der Waals surface area contributed by atoms with Crippen LogP contribution in [0.1, 0.15) is 45.2 Å². The van der Waals surface area contributed by atoms with Crippen LogP contribution in [0.25, 0.3) is 0 Å². The highest BCUT2D eigenvalue weighted by Gasteiger charge is 2.26. The second-order valence-electron chi connectivity index (χ2n) is 5.77. The van der Waals surface area contributed by atoms with Crippen LogP contribution in [0.4, 0.5) is 0 Å². The summed E-state index contributed by atoms with van der Waals surface area (Å²) in [4.78, 5) is 0. The molecule has 102 valence electrons. The Morgan fingerprint density at radius 1 is 1.39 bits per heavy atom. The smallest absolute Gasteiger partial charge is 0.0842 e. The predicted octanol–water partition coefficient (Wildman–Crippen LogP) is 2.16. The van der Waals surface area contributed by atoms with Crippen molar-refractivity contribution >= 4 is 0 Å². The summed E-state index contributed by atoms with van der Waals surface area (Å²) in [5.74, 6) is 1.73. The molecule has 1 aliphatic carbocycles. The molecule has 1 heterocycles. The molecular weight excluding hydrogens is 224 g/mol. The lowest BCUT2D eigenvalue weighted by Gasteiger charge is -2.33. The fourth-order valence-electron chi connectivity index (χ4n) is 3.07. The summed E-state index contributed by atoms with van der Waals surface area (Å²) in [5, 5.41) is 11.9. The maximum absolute atomic E-state index is 4.22. The molecule has 1 aliphatic rings. The zero-order valence-corrected chi connectivity index (χ0v) is 11.9. The minimum atomic E-state index is 0.569. The van der Waals surface area contributed by atoms with Gasteiger partial charge in [0, 0.05) is 25.7 Å². The van der Waals surface area contributed by atoms with Gasteiger partial charge < -0.3 is 5.32 Å². The van der Waals surface area contributed by atoms with Crippen LogP contribution in [0.5, 0.6) is 0 Å². The fraction of sp³-hybridized carbons (Fsp3) is 0.857. The lowest BCUT2D eigenvalue weighted by atomic mass is 9.78. The van der Waals surface area contributed by atoms with Gasteiger partial charge in [-0.2, -0.15) is 0 Å². The number of rotatable bonds is 5. The molecule has 0 spiro atoms. The normalized spacial score (nSPS) is 26.2. The van der Waals surface area contributed by atoms with Crippen molar-refractivity contribution in [2.45, 2.75) is 52.0 Å². The summed E-state index contributed by atoms with van der Waals surface area (Å²) >= 11 is 0. The second kappa shape index (κ2) is 6.32. The van der Waals surface area contributed by atoms with E-state index in [4.69, 9.17) is 0 Å². The van der Waals surface area contributed by atoms with E-state index >= 15 is 0 Å². The van der Waals surface area contributed by atoms with Crippen molar-refractivity contribution in [2.24, 2.45) is 18.9 Å². The number of hydrogen-bond donors (Lipinski definition) is 1. The van der Waals surface area contributed by atoms with Crippen molar-refractivity contribution in [3.8, 4) is 0 Å². The SMILES string of the molecule is CCNC(Cc1cn(C)nn1)C1CCC(C)CC1. The summed E-state index contributed by atoms with van der Waals surface area (Å²) in [7, 11) is 1.93. The molecule has 1 saturated carbocycles. The van der Waals surface area contributed by atoms with Crippen molar-refractivity contribution in [3.05, 3.63) is 11.9 Å². The van der Waals surface area contributed by atoms with Gasteiger partial charge in [-0.25, -0.2) is 0 Å². The molecular formula is C14H26N4. The lowest BCUT2D eigenvalue weighted by molar-refractivity contribution is 0.229. The van der Waals surface area contributed by atoms with E-state index in [2.05, 4.69) is 29.5 Å². The Labute approximate surface area is 110 Å². The largest absolute Gasteiger partial charge is 0.314 e. The summed E-state index contributed by atoms with van der Waals surface area (Å²) < 4.78 is 1.79. The van der Waals surface area contributed by atoms with E-state index in [-0.39, 0.29) is 0 Å². The third kappa shape index (κ3) is 3.55. The molecule has 0 aromatic carbocycles. The highest BCUT2D eigenvalue weighted by atomic mass is 15.4. The molecule has 4 nitrogen and oxygen atoms in total. The Bertz CT molecular complexity index is 352. The molecule has 0 bridgehead atoms. The van der Waals surface area contributed by atoms with Gasteiger partial charge in [0.1, 0.15) is 0 Å². The topological polar surface area (TPSA) is 42.7 Å². The number of aromatic nitrogens is 3. The average Bonchev–Trinajstić information content (AvgIpc) is 2.75. The molecule has 0 amide bonds. The first-order valence-electron chi connectivity index (χ1n) is 7.27. The quantitative estimate of drug-likeness (QED) is 0.871. The second-order valence-corrected chi connectivity index (χ2v) is 5.77. The Balaban J connectivity index is 1.94. The first-order chi connectivity index (χ1) is 8.69. The third-order valence-electron chi connectivity index (χ3n) is 4.18.